The molecule has 0 radical (unpaired) electrons. The number of rotatable bonds is 3. The largest absolute Gasteiger partial charge is 0.293 e. The molecule has 5 heteroatoms. The molecule has 0 bridgehead atoms. The number of hydrogen-bond acceptors (Lipinski definition) is 3. The van der Waals surface area contributed by atoms with Crippen molar-refractivity contribution in [2.45, 2.75) is 23.8 Å². The molecule has 0 saturated carbocycles. The standard InChI is InChI=1S/C13H14BrFOS2/c1-2-10-13(18-7-6-17-10)12(16)8-4-3-5-9(14)11(8)15/h3-5,10,13H,2,6-7H2,1H3. The van der Waals surface area contributed by atoms with Crippen LogP contribution in [0.15, 0.2) is 22.7 Å². The maximum absolute atomic E-state index is 14.0. The molecule has 1 fully saturated rings. The SMILES string of the molecule is CCC1SCCSC1C(=O)c1cccc(Br)c1F. The topological polar surface area (TPSA) is 17.1 Å². The second-order valence-corrected chi connectivity index (χ2v) is 7.53. The summed E-state index contributed by atoms with van der Waals surface area (Å²) >= 11 is 6.62. The zero-order chi connectivity index (χ0) is 13.1. The first-order valence-corrected chi connectivity index (χ1v) is 8.75. The van der Waals surface area contributed by atoms with Crippen molar-refractivity contribution in [1.29, 1.82) is 0 Å². The normalized spacial score (nSPS) is 23.9. The molecule has 2 atom stereocenters. The lowest BCUT2D eigenvalue weighted by molar-refractivity contribution is 0.0984. The van der Waals surface area contributed by atoms with Crippen molar-refractivity contribution in [1.82, 2.24) is 0 Å². The first-order chi connectivity index (χ1) is 8.65. The lowest BCUT2D eigenvalue weighted by Gasteiger charge is -2.28. The number of halogens is 2. The van der Waals surface area contributed by atoms with E-state index in [1.165, 1.54) is 0 Å². The fraction of sp³-hybridized carbons (Fsp3) is 0.462. The van der Waals surface area contributed by atoms with E-state index < -0.39 is 5.82 Å². The van der Waals surface area contributed by atoms with Crippen molar-refractivity contribution in [2.24, 2.45) is 0 Å². The summed E-state index contributed by atoms with van der Waals surface area (Å²) in [4.78, 5) is 12.4. The molecule has 1 aliphatic rings. The van der Waals surface area contributed by atoms with E-state index in [0.29, 0.717) is 9.72 Å². The van der Waals surface area contributed by atoms with E-state index in [1.807, 2.05) is 11.8 Å². The molecule has 0 amide bonds. The summed E-state index contributed by atoms with van der Waals surface area (Å²) in [7, 11) is 0. The number of Topliss-reactive ketones (excluding diaryl/α,β-unsaturated/α-hetero) is 1. The van der Waals surface area contributed by atoms with Crippen LogP contribution in [0.4, 0.5) is 4.39 Å². The highest BCUT2D eigenvalue weighted by Crippen LogP contribution is 2.36. The van der Waals surface area contributed by atoms with Gasteiger partial charge in [-0.25, -0.2) is 4.39 Å². The minimum absolute atomic E-state index is 0.0714. The van der Waals surface area contributed by atoms with Crippen LogP contribution in [0.1, 0.15) is 23.7 Å². The molecule has 0 aliphatic carbocycles. The van der Waals surface area contributed by atoms with Gasteiger partial charge in [0, 0.05) is 16.8 Å². The van der Waals surface area contributed by atoms with Crippen LogP contribution in [0.3, 0.4) is 0 Å². The highest BCUT2D eigenvalue weighted by Gasteiger charge is 2.33. The number of ketones is 1. The molecule has 1 aromatic carbocycles. The Kier molecular flexibility index (Phi) is 5.15. The Labute approximate surface area is 123 Å². The fourth-order valence-electron chi connectivity index (χ4n) is 1.99. The molecular weight excluding hydrogens is 335 g/mol. The maximum atomic E-state index is 14.0. The molecule has 1 aliphatic heterocycles. The summed E-state index contributed by atoms with van der Waals surface area (Å²) < 4.78 is 14.3. The fourth-order valence-corrected chi connectivity index (χ4v) is 5.38. The van der Waals surface area contributed by atoms with Crippen LogP contribution in [-0.2, 0) is 0 Å². The molecule has 2 unspecified atom stereocenters. The molecule has 2 rings (SSSR count). The Hall–Kier alpha value is -0.000000000000000111. The minimum Gasteiger partial charge on any atom is -0.293 e. The Morgan fingerprint density at radius 2 is 2.17 bits per heavy atom. The van der Waals surface area contributed by atoms with Crippen molar-refractivity contribution in [2.75, 3.05) is 11.5 Å². The van der Waals surface area contributed by atoms with Gasteiger partial charge in [0.2, 0.25) is 0 Å². The van der Waals surface area contributed by atoms with Crippen molar-refractivity contribution >= 4 is 45.2 Å². The summed E-state index contributed by atoms with van der Waals surface area (Å²) in [6.45, 7) is 2.08. The highest BCUT2D eigenvalue weighted by molar-refractivity contribution is 9.10. The molecule has 0 aromatic heterocycles. The van der Waals surface area contributed by atoms with Crippen molar-refractivity contribution < 1.29 is 9.18 Å². The van der Waals surface area contributed by atoms with Gasteiger partial charge in [0.25, 0.3) is 0 Å². The zero-order valence-electron chi connectivity index (χ0n) is 9.99. The smallest absolute Gasteiger partial charge is 0.179 e. The lowest BCUT2D eigenvalue weighted by Crippen LogP contribution is -2.33. The average Bonchev–Trinajstić information content (AvgIpc) is 2.41. The first kappa shape index (κ1) is 14.4. The van der Waals surface area contributed by atoms with Crippen LogP contribution in [-0.4, -0.2) is 27.8 Å². The third-order valence-electron chi connectivity index (χ3n) is 2.93. The van der Waals surface area contributed by atoms with Crippen LogP contribution in [0.2, 0.25) is 0 Å². The van der Waals surface area contributed by atoms with Gasteiger partial charge in [0.1, 0.15) is 5.82 Å². The summed E-state index contributed by atoms with van der Waals surface area (Å²) in [6, 6.07) is 4.91. The summed E-state index contributed by atoms with van der Waals surface area (Å²) in [5, 5.41) is 0.187. The van der Waals surface area contributed by atoms with Gasteiger partial charge in [-0.05, 0) is 34.5 Å². The lowest BCUT2D eigenvalue weighted by atomic mass is 10.0. The predicted molar refractivity (Wildman–Crippen MR) is 81.2 cm³/mol. The third-order valence-corrected chi connectivity index (χ3v) is 6.79. The zero-order valence-corrected chi connectivity index (χ0v) is 13.2. The summed E-state index contributed by atoms with van der Waals surface area (Å²) in [5.74, 6) is 1.53. The number of carbonyl (C=O) groups is 1. The molecule has 1 saturated heterocycles. The Morgan fingerprint density at radius 1 is 1.44 bits per heavy atom. The van der Waals surface area contributed by atoms with Gasteiger partial charge in [-0.2, -0.15) is 11.8 Å². The van der Waals surface area contributed by atoms with E-state index in [2.05, 4.69) is 22.9 Å². The van der Waals surface area contributed by atoms with E-state index in [9.17, 15) is 9.18 Å². The van der Waals surface area contributed by atoms with Gasteiger partial charge in [-0.3, -0.25) is 4.79 Å². The van der Waals surface area contributed by atoms with E-state index >= 15 is 0 Å². The van der Waals surface area contributed by atoms with E-state index in [1.54, 1.807) is 30.0 Å². The molecule has 1 nitrogen and oxygen atoms in total. The number of hydrogen-bond donors (Lipinski definition) is 0. The van der Waals surface area contributed by atoms with Crippen LogP contribution >= 0.6 is 39.5 Å². The first-order valence-electron chi connectivity index (χ1n) is 5.86. The molecule has 0 N–H and O–H groups in total. The third kappa shape index (κ3) is 2.94. The second kappa shape index (κ2) is 6.44. The highest BCUT2D eigenvalue weighted by atomic mass is 79.9. The monoisotopic (exact) mass is 348 g/mol. The van der Waals surface area contributed by atoms with Crippen molar-refractivity contribution in [3.8, 4) is 0 Å². The molecule has 1 aromatic rings. The molecule has 0 spiro atoms. The van der Waals surface area contributed by atoms with E-state index in [0.717, 1.165) is 17.9 Å². The van der Waals surface area contributed by atoms with Gasteiger partial charge in [-0.1, -0.05) is 13.0 Å². The summed E-state index contributed by atoms with van der Waals surface area (Å²) in [6.07, 6.45) is 0.948. The average molecular weight is 349 g/mol. The molecular formula is C13H14BrFOS2. The van der Waals surface area contributed by atoms with Crippen molar-refractivity contribution in [3.05, 3.63) is 34.1 Å². The van der Waals surface area contributed by atoms with Gasteiger partial charge in [-0.15, -0.1) is 11.8 Å². The van der Waals surface area contributed by atoms with Crippen LogP contribution in [0.5, 0.6) is 0 Å². The van der Waals surface area contributed by atoms with Gasteiger partial charge in [0.05, 0.1) is 15.3 Å². The van der Waals surface area contributed by atoms with E-state index in [4.69, 9.17) is 0 Å². The van der Waals surface area contributed by atoms with Crippen molar-refractivity contribution in [3.63, 3.8) is 0 Å². The van der Waals surface area contributed by atoms with Crippen LogP contribution in [0.25, 0.3) is 0 Å². The maximum Gasteiger partial charge on any atom is 0.179 e. The van der Waals surface area contributed by atoms with Gasteiger partial charge >= 0.3 is 0 Å². The number of benzene rings is 1. The number of carbonyl (C=O) groups excluding carboxylic acids is 1. The minimum atomic E-state index is -0.437. The van der Waals surface area contributed by atoms with E-state index in [-0.39, 0.29) is 16.6 Å². The summed E-state index contributed by atoms with van der Waals surface area (Å²) in [5.41, 5.74) is 0.211. The predicted octanol–water partition coefficient (Wildman–Crippen LogP) is 4.40. The Morgan fingerprint density at radius 3 is 2.89 bits per heavy atom. The van der Waals surface area contributed by atoms with Crippen LogP contribution < -0.4 is 0 Å². The quantitative estimate of drug-likeness (QED) is 0.753. The van der Waals surface area contributed by atoms with Crippen LogP contribution in [0, 0.1) is 5.82 Å². The molecule has 98 valence electrons. The second-order valence-electron chi connectivity index (χ2n) is 4.07. The van der Waals surface area contributed by atoms with Gasteiger partial charge < -0.3 is 0 Å². The Bertz CT molecular complexity index is 453. The Balaban J connectivity index is 2.27. The number of thioether (sulfide) groups is 2. The van der Waals surface area contributed by atoms with Gasteiger partial charge in [0.15, 0.2) is 5.78 Å². The molecule has 1 heterocycles. The molecule has 18 heavy (non-hydrogen) atoms.